The van der Waals surface area contributed by atoms with Crippen molar-refractivity contribution in [2.75, 3.05) is 0 Å². The number of aromatic nitrogens is 2. The minimum atomic E-state index is -0.172. The van der Waals surface area contributed by atoms with E-state index in [1.54, 1.807) is 11.3 Å². The van der Waals surface area contributed by atoms with Crippen molar-refractivity contribution in [3.8, 4) is 0 Å². The Hall–Kier alpha value is -1.36. The molecule has 0 aliphatic rings. The van der Waals surface area contributed by atoms with Crippen LogP contribution in [0.2, 0.25) is 5.02 Å². The highest BCUT2D eigenvalue weighted by atomic mass is 35.5. The molecule has 0 radical (unpaired) electrons. The van der Waals surface area contributed by atoms with Crippen molar-refractivity contribution in [3.63, 3.8) is 0 Å². The van der Waals surface area contributed by atoms with Gasteiger partial charge < -0.3 is 10.3 Å². The third-order valence-corrected chi connectivity index (χ3v) is 4.92. The van der Waals surface area contributed by atoms with Crippen LogP contribution in [0.4, 0.5) is 0 Å². The Balaban J connectivity index is 1.82. The number of H-pyrrole nitrogens is 1. The highest BCUT2D eigenvalue weighted by Crippen LogP contribution is 2.28. The van der Waals surface area contributed by atoms with Crippen molar-refractivity contribution < 1.29 is 0 Å². The van der Waals surface area contributed by atoms with E-state index < -0.39 is 0 Å². The summed E-state index contributed by atoms with van der Waals surface area (Å²) in [4.78, 5) is 7.75. The molecular weight excluding hydrogens is 290 g/mol. The van der Waals surface area contributed by atoms with Crippen LogP contribution in [-0.2, 0) is 12.1 Å². The van der Waals surface area contributed by atoms with Crippen molar-refractivity contribution in [3.05, 3.63) is 51.6 Å². The molecule has 1 aromatic carbocycles. The van der Waals surface area contributed by atoms with Gasteiger partial charge in [-0.25, -0.2) is 4.98 Å². The van der Waals surface area contributed by atoms with Crippen LogP contribution in [-0.4, -0.2) is 9.97 Å². The second-order valence-electron chi connectivity index (χ2n) is 5.28. The quantitative estimate of drug-likeness (QED) is 0.754. The number of nitrogens with zero attached hydrogens (tertiary/aromatic N) is 1. The van der Waals surface area contributed by atoms with Gasteiger partial charge in [0, 0.05) is 34.7 Å². The van der Waals surface area contributed by atoms with Crippen LogP contribution < -0.4 is 5.32 Å². The first-order chi connectivity index (χ1) is 9.58. The molecule has 0 unspecified atom stereocenters. The first-order valence-electron chi connectivity index (χ1n) is 6.48. The van der Waals surface area contributed by atoms with Crippen LogP contribution in [0.25, 0.3) is 10.9 Å². The van der Waals surface area contributed by atoms with Crippen molar-refractivity contribution in [1.82, 2.24) is 15.3 Å². The molecule has 0 aliphatic carbocycles. The standard InChI is InChI=1S/C15H16ClN3S/c1-15(2,14-17-7-8-20-14)18-9-12-13(16)10-5-3-4-6-11(10)19-12/h3-8,18-19H,9H2,1-2H3. The summed E-state index contributed by atoms with van der Waals surface area (Å²) < 4.78 is 0. The van der Waals surface area contributed by atoms with Crippen LogP contribution in [0.5, 0.6) is 0 Å². The molecule has 0 atom stereocenters. The maximum absolute atomic E-state index is 6.43. The van der Waals surface area contributed by atoms with Crippen LogP contribution in [0, 0.1) is 0 Å². The van der Waals surface area contributed by atoms with Crippen molar-refractivity contribution in [2.24, 2.45) is 0 Å². The van der Waals surface area contributed by atoms with E-state index in [4.69, 9.17) is 11.6 Å². The van der Waals surface area contributed by atoms with Gasteiger partial charge in [-0.3, -0.25) is 0 Å². The Morgan fingerprint density at radius 1 is 1.35 bits per heavy atom. The fourth-order valence-electron chi connectivity index (χ4n) is 2.20. The molecule has 3 aromatic rings. The molecule has 0 bridgehead atoms. The Morgan fingerprint density at radius 3 is 2.85 bits per heavy atom. The molecular formula is C15H16ClN3S. The van der Waals surface area contributed by atoms with Crippen molar-refractivity contribution >= 4 is 33.8 Å². The maximum Gasteiger partial charge on any atom is 0.112 e. The molecule has 2 N–H and O–H groups in total. The van der Waals surface area contributed by atoms with Gasteiger partial charge in [0.1, 0.15) is 5.01 Å². The lowest BCUT2D eigenvalue weighted by molar-refractivity contribution is 0.397. The van der Waals surface area contributed by atoms with Gasteiger partial charge in [-0.05, 0) is 19.9 Å². The van der Waals surface area contributed by atoms with Crippen LogP contribution >= 0.6 is 22.9 Å². The van der Waals surface area contributed by atoms with Gasteiger partial charge in [0.2, 0.25) is 0 Å². The van der Waals surface area contributed by atoms with E-state index in [9.17, 15) is 0 Å². The molecule has 0 saturated heterocycles. The smallest absolute Gasteiger partial charge is 0.112 e. The number of thiazole rings is 1. The third-order valence-electron chi connectivity index (χ3n) is 3.39. The molecule has 2 aromatic heterocycles. The van der Waals surface area contributed by atoms with E-state index >= 15 is 0 Å². The topological polar surface area (TPSA) is 40.7 Å². The predicted octanol–water partition coefficient (Wildman–Crippen LogP) is 4.30. The van der Waals surface area contributed by atoms with Gasteiger partial charge >= 0.3 is 0 Å². The zero-order valence-electron chi connectivity index (χ0n) is 11.4. The molecule has 2 heterocycles. The lowest BCUT2D eigenvalue weighted by Crippen LogP contribution is -2.36. The number of aromatic amines is 1. The largest absolute Gasteiger partial charge is 0.356 e. The molecule has 3 rings (SSSR count). The highest BCUT2D eigenvalue weighted by Gasteiger charge is 2.23. The van der Waals surface area contributed by atoms with E-state index in [0.29, 0.717) is 6.54 Å². The molecule has 0 amide bonds. The molecule has 0 saturated carbocycles. The minimum absolute atomic E-state index is 0.172. The maximum atomic E-state index is 6.43. The Labute approximate surface area is 127 Å². The van der Waals surface area contributed by atoms with E-state index in [2.05, 4.69) is 29.1 Å². The summed E-state index contributed by atoms with van der Waals surface area (Å²) in [6.45, 7) is 4.94. The fourth-order valence-corrected chi connectivity index (χ4v) is 3.22. The Kier molecular flexibility index (Phi) is 3.54. The summed E-state index contributed by atoms with van der Waals surface area (Å²) in [5.74, 6) is 0. The number of benzene rings is 1. The van der Waals surface area contributed by atoms with Crippen molar-refractivity contribution in [1.29, 1.82) is 0 Å². The minimum Gasteiger partial charge on any atom is -0.356 e. The molecule has 3 nitrogen and oxygen atoms in total. The number of nitrogens with one attached hydrogen (secondary N) is 2. The number of rotatable bonds is 4. The highest BCUT2D eigenvalue weighted by molar-refractivity contribution is 7.09. The zero-order chi connectivity index (χ0) is 14.2. The third kappa shape index (κ3) is 2.46. The zero-order valence-corrected chi connectivity index (χ0v) is 13.0. The number of halogens is 1. The fraction of sp³-hybridized carbons (Fsp3) is 0.267. The van der Waals surface area contributed by atoms with Crippen LogP contribution in [0.1, 0.15) is 24.5 Å². The van der Waals surface area contributed by atoms with Gasteiger partial charge in [0.25, 0.3) is 0 Å². The summed E-state index contributed by atoms with van der Waals surface area (Å²) >= 11 is 8.08. The first-order valence-corrected chi connectivity index (χ1v) is 7.74. The molecule has 5 heteroatoms. The number of fused-ring (bicyclic) bond motifs is 1. The van der Waals surface area contributed by atoms with Gasteiger partial charge in [-0.1, -0.05) is 29.8 Å². The summed E-state index contributed by atoms with van der Waals surface area (Å²) in [6, 6.07) is 8.07. The average molecular weight is 306 g/mol. The second-order valence-corrected chi connectivity index (χ2v) is 6.55. The predicted molar refractivity (Wildman–Crippen MR) is 85.3 cm³/mol. The van der Waals surface area contributed by atoms with E-state index in [1.807, 2.05) is 35.8 Å². The van der Waals surface area contributed by atoms with Crippen LogP contribution in [0.15, 0.2) is 35.8 Å². The number of hydrogen-bond donors (Lipinski definition) is 2. The van der Waals surface area contributed by atoms with E-state index in [1.165, 1.54) is 0 Å². The monoisotopic (exact) mass is 305 g/mol. The van der Waals surface area contributed by atoms with Gasteiger partial charge in [0.05, 0.1) is 10.6 Å². The lowest BCUT2D eigenvalue weighted by Gasteiger charge is -2.23. The first kappa shape index (κ1) is 13.6. The Bertz CT molecular complexity index is 716. The Morgan fingerprint density at radius 2 is 2.15 bits per heavy atom. The van der Waals surface area contributed by atoms with Gasteiger partial charge in [-0.15, -0.1) is 11.3 Å². The van der Waals surface area contributed by atoms with Gasteiger partial charge in [-0.2, -0.15) is 0 Å². The SMILES string of the molecule is CC(C)(NCc1[nH]c2ccccc2c1Cl)c1nccs1. The van der Waals surface area contributed by atoms with Crippen LogP contribution in [0.3, 0.4) is 0 Å². The summed E-state index contributed by atoms with van der Waals surface area (Å²) in [5.41, 5.74) is 1.91. The summed E-state index contributed by atoms with van der Waals surface area (Å²) in [7, 11) is 0. The molecule has 104 valence electrons. The lowest BCUT2D eigenvalue weighted by atomic mass is 10.1. The molecule has 0 spiro atoms. The average Bonchev–Trinajstić information content (AvgIpc) is 3.06. The van der Waals surface area contributed by atoms with Gasteiger partial charge in [0.15, 0.2) is 0 Å². The van der Waals surface area contributed by atoms with E-state index in [-0.39, 0.29) is 5.54 Å². The van der Waals surface area contributed by atoms with Crippen molar-refractivity contribution in [2.45, 2.75) is 25.9 Å². The number of para-hydroxylation sites is 1. The molecule has 0 aliphatic heterocycles. The molecule has 20 heavy (non-hydrogen) atoms. The molecule has 0 fully saturated rings. The summed E-state index contributed by atoms with van der Waals surface area (Å²) in [6.07, 6.45) is 1.83. The second kappa shape index (κ2) is 5.20. The number of hydrogen-bond acceptors (Lipinski definition) is 3. The summed E-state index contributed by atoms with van der Waals surface area (Å²) in [5, 5.41) is 8.44. The normalized spacial score (nSPS) is 12.2. The van der Waals surface area contributed by atoms with E-state index in [0.717, 1.165) is 26.6 Å².